The van der Waals surface area contributed by atoms with Gasteiger partial charge in [-0.3, -0.25) is 4.79 Å². The Bertz CT molecular complexity index is 1320. The number of para-hydroxylation sites is 1. The molecular formula is C25H17BrF4N2O3. The largest absolute Gasteiger partial charge is 0.493 e. The van der Waals surface area contributed by atoms with Crippen molar-refractivity contribution in [3.8, 4) is 11.5 Å². The number of halogens is 5. The molecule has 1 aliphatic heterocycles. The number of ether oxygens (including phenoxy) is 2. The van der Waals surface area contributed by atoms with Crippen LogP contribution in [0.3, 0.4) is 0 Å². The summed E-state index contributed by atoms with van der Waals surface area (Å²) in [6.07, 6.45) is -3.76. The van der Waals surface area contributed by atoms with Crippen LogP contribution >= 0.6 is 15.9 Å². The number of methoxy groups -OCH3 is 1. The van der Waals surface area contributed by atoms with E-state index < -0.39 is 29.2 Å². The van der Waals surface area contributed by atoms with E-state index in [4.69, 9.17) is 9.47 Å². The third-order valence-electron chi connectivity index (χ3n) is 5.04. The van der Waals surface area contributed by atoms with Crippen LogP contribution in [0.1, 0.15) is 11.1 Å². The Labute approximate surface area is 206 Å². The number of nitrogens with zero attached hydrogens (tertiary/aromatic N) is 2. The third kappa shape index (κ3) is 5.22. The fourth-order valence-corrected chi connectivity index (χ4v) is 3.97. The molecule has 0 saturated heterocycles. The molecule has 0 fully saturated rings. The Morgan fingerprint density at radius 3 is 2.40 bits per heavy atom. The summed E-state index contributed by atoms with van der Waals surface area (Å²) < 4.78 is 66.5. The molecule has 10 heteroatoms. The molecule has 180 valence electrons. The molecule has 1 aliphatic rings. The van der Waals surface area contributed by atoms with Crippen LogP contribution in [0, 0.1) is 5.82 Å². The number of carbonyl (C=O) groups excluding carboxylic acids is 1. The Morgan fingerprint density at radius 2 is 1.74 bits per heavy atom. The molecular weight excluding hydrogens is 532 g/mol. The van der Waals surface area contributed by atoms with Crippen LogP contribution in [0.2, 0.25) is 0 Å². The van der Waals surface area contributed by atoms with Crippen molar-refractivity contribution >= 4 is 39.3 Å². The number of anilines is 1. The highest BCUT2D eigenvalue weighted by Crippen LogP contribution is 2.39. The summed E-state index contributed by atoms with van der Waals surface area (Å²) in [5, 5.41) is 4.26. The van der Waals surface area contributed by atoms with Gasteiger partial charge in [0.1, 0.15) is 12.4 Å². The molecule has 4 rings (SSSR count). The summed E-state index contributed by atoms with van der Waals surface area (Å²) >= 11 is 3.32. The molecule has 1 heterocycles. The van der Waals surface area contributed by atoms with Crippen molar-refractivity contribution in [3.63, 3.8) is 0 Å². The van der Waals surface area contributed by atoms with E-state index in [1.807, 2.05) is 0 Å². The van der Waals surface area contributed by atoms with Gasteiger partial charge in [-0.1, -0.05) is 36.4 Å². The number of rotatable bonds is 6. The van der Waals surface area contributed by atoms with Crippen LogP contribution in [0.15, 0.2) is 81.9 Å². The van der Waals surface area contributed by atoms with Crippen molar-refractivity contribution in [2.24, 2.45) is 5.10 Å². The van der Waals surface area contributed by atoms with E-state index >= 15 is 0 Å². The van der Waals surface area contributed by atoms with Gasteiger partial charge in [0.2, 0.25) is 0 Å². The number of carbonyl (C=O) groups is 1. The average molecular weight is 549 g/mol. The van der Waals surface area contributed by atoms with Gasteiger partial charge in [0.05, 0.1) is 22.8 Å². The predicted octanol–water partition coefficient (Wildman–Crippen LogP) is 6.52. The van der Waals surface area contributed by atoms with Crippen molar-refractivity contribution < 1.29 is 31.8 Å². The summed E-state index contributed by atoms with van der Waals surface area (Å²) in [5.41, 5.74) is -1.16. The third-order valence-corrected chi connectivity index (χ3v) is 5.63. The first-order valence-corrected chi connectivity index (χ1v) is 11.0. The van der Waals surface area contributed by atoms with Crippen LogP contribution in [0.5, 0.6) is 11.5 Å². The van der Waals surface area contributed by atoms with Crippen molar-refractivity contribution in [2.45, 2.75) is 12.8 Å². The zero-order valence-corrected chi connectivity index (χ0v) is 19.7. The Kier molecular flexibility index (Phi) is 6.93. The van der Waals surface area contributed by atoms with Crippen LogP contribution in [0.4, 0.5) is 23.2 Å². The summed E-state index contributed by atoms with van der Waals surface area (Å²) in [5.74, 6) is -0.950. The second-order valence-electron chi connectivity index (χ2n) is 7.37. The Balaban J connectivity index is 1.68. The minimum absolute atomic E-state index is 0.0997. The molecule has 0 bridgehead atoms. The van der Waals surface area contributed by atoms with Gasteiger partial charge in [-0.05, 0) is 57.9 Å². The number of hydrogen-bond donors (Lipinski definition) is 0. The molecule has 0 aromatic heterocycles. The van der Waals surface area contributed by atoms with Crippen molar-refractivity contribution in [3.05, 3.63) is 93.7 Å². The van der Waals surface area contributed by atoms with Crippen LogP contribution in [-0.2, 0) is 11.4 Å². The van der Waals surface area contributed by atoms with Gasteiger partial charge in [-0.15, -0.1) is 0 Å². The standard InChI is InChI=1S/C25H17BrF4N2O3/c1-34-21-13-15(12-19(26)22(21)35-14-16-7-5-6-10-20(16)27)11-18-23(25(28,29)30)31-32(24(18)33)17-8-3-2-4-9-17/h2-13H,14H2,1H3/b18-11-. The van der Waals surface area contributed by atoms with E-state index in [0.29, 0.717) is 15.0 Å². The zero-order chi connectivity index (χ0) is 25.2. The van der Waals surface area contributed by atoms with Gasteiger partial charge < -0.3 is 9.47 Å². The fourth-order valence-electron chi connectivity index (χ4n) is 3.39. The van der Waals surface area contributed by atoms with E-state index in [0.717, 1.165) is 6.08 Å². The van der Waals surface area contributed by atoms with Crippen molar-refractivity contribution in [1.82, 2.24) is 0 Å². The quantitative estimate of drug-likeness (QED) is 0.260. The maximum atomic E-state index is 13.9. The van der Waals surface area contributed by atoms with E-state index in [2.05, 4.69) is 21.0 Å². The predicted molar refractivity (Wildman–Crippen MR) is 127 cm³/mol. The van der Waals surface area contributed by atoms with Gasteiger partial charge in [0.15, 0.2) is 17.2 Å². The molecule has 5 nitrogen and oxygen atoms in total. The highest BCUT2D eigenvalue weighted by molar-refractivity contribution is 9.10. The first-order valence-electron chi connectivity index (χ1n) is 10.2. The SMILES string of the molecule is COc1cc(/C=C2\C(=O)N(c3ccccc3)N=C2C(F)(F)F)cc(Br)c1OCc1ccccc1F. The number of amides is 1. The number of hydrazone groups is 1. The lowest BCUT2D eigenvalue weighted by Crippen LogP contribution is -2.25. The highest BCUT2D eigenvalue weighted by Gasteiger charge is 2.46. The maximum absolute atomic E-state index is 13.9. The molecule has 0 aliphatic carbocycles. The lowest BCUT2D eigenvalue weighted by molar-refractivity contribution is -0.114. The molecule has 35 heavy (non-hydrogen) atoms. The topological polar surface area (TPSA) is 51.1 Å². The highest BCUT2D eigenvalue weighted by atomic mass is 79.9. The molecule has 0 unspecified atom stereocenters. The maximum Gasteiger partial charge on any atom is 0.435 e. The zero-order valence-electron chi connectivity index (χ0n) is 18.1. The molecule has 3 aromatic rings. The van der Waals surface area contributed by atoms with E-state index in [1.165, 1.54) is 37.4 Å². The normalized spacial score (nSPS) is 14.9. The summed E-state index contributed by atoms with van der Waals surface area (Å²) in [7, 11) is 1.36. The van der Waals surface area contributed by atoms with Crippen molar-refractivity contribution in [1.29, 1.82) is 0 Å². The van der Waals surface area contributed by atoms with Gasteiger partial charge in [-0.25, -0.2) is 4.39 Å². The average Bonchev–Trinajstić information content (AvgIpc) is 3.16. The van der Waals surface area contributed by atoms with Gasteiger partial charge >= 0.3 is 6.18 Å². The molecule has 0 N–H and O–H groups in total. The fraction of sp³-hybridized carbons (Fsp3) is 0.120. The minimum Gasteiger partial charge on any atom is -0.493 e. The molecule has 3 aromatic carbocycles. The van der Waals surface area contributed by atoms with Gasteiger partial charge in [-0.2, -0.15) is 23.3 Å². The second-order valence-corrected chi connectivity index (χ2v) is 8.23. The molecule has 0 saturated carbocycles. The summed E-state index contributed by atoms with van der Waals surface area (Å²) in [6.45, 7) is -0.0997. The molecule has 0 radical (unpaired) electrons. The smallest absolute Gasteiger partial charge is 0.435 e. The second kappa shape index (κ2) is 9.91. The molecule has 0 atom stereocenters. The number of hydrogen-bond acceptors (Lipinski definition) is 4. The van der Waals surface area contributed by atoms with Gasteiger partial charge in [0.25, 0.3) is 5.91 Å². The first-order chi connectivity index (χ1) is 16.7. The van der Waals surface area contributed by atoms with Gasteiger partial charge in [0, 0.05) is 5.56 Å². The van der Waals surface area contributed by atoms with Crippen LogP contribution in [0.25, 0.3) is 6.08 Å². The van der Waals surface area contributed by atoms with E-state index in [1.54, 1.807) is 36.4 Å². The van der Waals surface area contributed by atoms with Crippen LogP contribution < -0.4 is 14.5 Å². The van der Waals surface area contributed by atoms with Crippen LogP contribution in [-0.4, -0.2) is 24.9 Å². The summed E-state index contributed by atoms with van der Waals surface area (Å²) in [6, 6.07) is 16.8. The molecule has 0 spiro atoms. The number of alkyl halides is 3. The Morgan fingerprint density at radius 1 is 1.06 bits per heavy atom. The number of benzene rings is 3. The monoisotopic (exact) mass is 548 g/mol. The Hall–Kier alpha value is -3.66. The summed E-state index contributed by atoms with van der Waals surface area (Å²) in [4.78, 5) is 12.9. The van der Waals surface area contributed by atoms with E-state index in [-0.39, 0.29) is 29.4 Å². The first kappa shape index (κ1) is 24.5. The van der Waals surface area contributed by atoms with Crippen molar-refractivity contribution in [2.75, 3.05) is 12.1 Å². The molecule has 1 amide bonds. The minimum atomic E-state index is -4.85. The lowest BCUT2D eigenvalue weighted by Gasteiger charge is -2.14. The lowest BCUT2D eigenvalue weighted by atomic mass is 10.1. The van der Waals surface area contributed by atoms with E-state index in [9.17, 15) is 22.4 Å².